The van der Waals surface area contributed by atoms with Crippen molar-refractivity contribution in [1.82, 2.24) is 19.8 Å². The van der Waals surface area contributed by atoms with E-state index in [0.717, 1.165) is 18.9 Å². The number of rotatable bonds is 3. The molecular formula is C12H23ClN4. The summed E-state index contributed by atoms with van der Waals surface area (Å²) >= 11 is 0. The molecular weight excluding hydrogens is 236 g/mol. The normalized spacial score (nSPS) is 21.0. The molecule has 0 radical (unpaired) electrons. The fourth-order valence-electron chi connectivity index (χ4n) is 2.34. The summed E-state index contributed by atoms with van der Waals surface area (Å²) in [6.45, 7) is 3.27. The van der Waals surface area contributed by atoms with E-state index in [9.17, 15) is 0 Å². The van der Waals surface area contributed by atoms with E-state index in [1.807, 2.05) is 12.4 Å². The lowest BCUT2D eigenvalue weighted by atomic mass is 10.1. The summed E-state index contributed by atoms with van der Waals surface area (Å²) in [5.41, 5.74) is 0. The Bertz CT molecular complexity index is 318. The van der Waals surface area contributed by atoms with Crippen LogP contribution in [0.25, 0.3) is 0 Å². The number of hydrogen-bond donors (Lipinski definition) is 1. The van der Waals surface area contributed by atoms with Gasteiger partial charge in [-0.3, -0.25) is 4.90 Å². The maximum Gasteiger partial charge on any atom is 0.122 e. The molecule has 2 rings (SSSR count). The van der Waals surface area contributed by atoms with E-state index >= 15 is 0 Å². The summed E-state index contributed by atoms with van der Waals surface area (Å²) in [7, 11) is 4.27. The van der Waals surface area contributed by atoms with E-state index in [2.05, 4.69) is 33.9 Å². The van der Waals surface area contributed by atoms with Gasteiger partial charge in [0.25, 0.3) is 0 Å². The molecule has 1 N–H and O–H groups in total. The summed E-state index contributed by atoms with van der Waals surface area (Å²) in [6.07, 6.45) is 7.72. The fourth-order valence-corrected chi connectivity index (χ4v) is 2.34. The molecule has 1 atom stereocenters. The largest absolute Gasteiger partial charge is 0.337 e. The van der Waals surface area contributed by atoms with Gasteiger partial charge >= 0.3 is 0 Å². The molecule has 4 nitrogen and oxygen atoms in total. The van der Waals surface area contributed by atoms with Gasteiger partial charge in [-0.05, 0) is 39.4 Å². The second-order valence-corrected chi connectivity index (χ2v) is 4.70. The Labute approximate surface area is 110 Å². The summed E-state index contributed by atoms with van der Waals surface area (Å²) in [6, 6.07) is 0.701. The van der Waals surface area contributed by atoms with E-state index in [-0.39, 0.29) is 12.4 Å². The second kappa shape index (κ2) is 6.99. The van der Waals surface area contributed by atoms with Gasteiger partial charge in [-0.15, -0.1) is 12.4 Å². The number of aromatic nitrogens is 2. The van der Waals surface area contributed by atoms with Crippen LogP contribution in [0.5, 0.6) is 0 Å². The van der Waals surface area contributed by atoms with Crippen LogP contribution in [0.4, 0.5) is 0 Å². The predicted molar refractivity (Wildman–Crippen MR) is 72.4 cm³/mol. The first kappa shape index (κ1) is 14.5. The van der Waals surface area contributed by atoms with Crippen molar-refractivity contribution in [3.05, 3.63) is 18.2 Å². The smallest absolute Gasteiger partial charge is 0.122 e. The van der Waals surface area contributed by atoms with Crippen LogP contribution < -0.4 is 5.32 Å². The average Bonchev–Trinajstić information content (AvgIpc) is 2.57. The first-order chi connectivity index (χ1) is 7.77. The maximum atomic E-state index is 4.38. The van der Waals surface area contributed by atoms with Gasteiger partial charge in [0.2, 0.25) is 0 Å². The van der Waals surface area contributed by atoms with Crippen molar-refractivity contribution in [3.63, 3.8) is 0 Å². The monoisotopic (exact) mass is 258 g/mol. The van der Waals surface area contributed by atoms with Crippen LogP contribution in [0.3, 0.4) is 0 Å². The van der Waals surface area contributed by atoms with E-state index in [1.165, 1.54) is 25.8 Å². The highest BCUT2D eigenvalue weighted by Gasteiger charge is 2.17. The van der Waals surface area contributed by atoms with E-state index in [0.29, 0.717) is 6.04 Å². The lowest BCUT2D eigenvalue weighted by Gasteiger charge is -2.26. The third-order valence-electron chi connectivity index (χ3n) is 3.48. The molecule has 1 aromatic heterocycles. The number of imidazole rings is 1. The zero-order valence-electron chi connectivity index (χ0n) is 10.7. The number of aryl methyl sites for hydroxylation is 1. The maximum absolute atomic E-state index is 4.38. The molecule has 17 heavy (non-hydrogen) atoms. The Kier molecular flexibility index (Phi) is 5.95. The van der Waals surface area contributed by atoms with Gasteiger partial charge in [0.1, 0.15) is 5.82 Å². The molecule has 0 bridgehead atoms. The molecule has 1 fully saturated rings. The quantitative estimate of drug-likeness (QED) is 0.890. The van der Waals surface area contributed by atoms with Crippen LogP contribution in [-0.4, -0.2) is 40.6 Å². The van der Waals surface area contributed by atoms with Crippen LogP contribution in [0.15, 0.2) is 12.4 Å². The minimum absolute atomic E-state index is 0. The van der Waals surface area contributed by atoms with Gasteiger partial charge in [-0.25, -0.2) is 4.98 Å². The zero-order valence-corrected chi connectivity index (χ0v) is 11.5. The first-order valence-electron chi connectivity index (χ1n) is 6.14. The van der Waals surface area contributed by atoms with E-state index in [1.54, 1.807) is 0 Å². The molecule has 1 aromatic rings. The Balaban J connectivity index is 0.00000144. The van der Waals surface area contributed by atoms with Crippen LogP contribution in [-0.2, 0) is 13.6 Å². The third-order valence-corrected chi connectivity index (χ3v) is 3.48. The predicted octanol–water partition coefficient (Wildman–Crippen LogP) is 1.42. The summed E-state index contributed by atoms with van der Waals surface area (Å²) in [5.74, 6) is 1.15. The summed E-state index contributed by atoms with van der Waals surface area (Å²) in [5, 5.41) is 3.45. The molecule has 1 aliphatic heterocycles. The van der Waals surface area contributed by atoms with Crippen molar-refractivity contribution in [3.8, 4) is 0 Å². The topological polar surface area (TPSA) is 33.1 Å². The summed E-state index contributed by atoms with van der Waals surface area (Å²) in [4.78, 5) is 6.82. The summed E-state index contributed by atoms with van der Waals surface area (Å²) < 4.78 is 2.10. The molecule has 0 aliphatic carbocycles. The molecule has 1 aliphatic rings. The molecule has 2 heterocycles. The van der Waals surface area contributed by atoms with Gasteiger partial charge < -0.3 is 9.88 Å². The molecule has 0 aromatic carbocycles. The van der Waals surface area contributed by atoms with Gasteiger partial charge in [-0.2, -0.15) is 0 Å². The number of nitrogens with zero attached hydrogens (tertiary/aromatic N) is 3. The molecule has 98 valence electrons. The molecule has 0 saturated carbocycles. The highest BCUT2D eigenvalue weighted by Crippen LogP contribution is 2.13. The Morgan fingerprint density at radius 1 is 1.47 bits per heavy atom. The van der Waals surface area contributed by atoms with E-state index < -0.39 is 0 Å². The van der Waals surface area contributed by atoms with Crippen molar-refractivity contribution in [2.45, 2.75) is 31.8 Å². The number of halogens is 1. The SMILES string of the molecule is CN(Cc1nccn1C)C1CCCNCC1.Cl. The Morgan fingerprint density at radius 3 is 3.00 bits per heavy atom. The minimum Gasteiger partial charge on any atom is -0.337 e. The van der Waals surface area contributed by atoms with Crippen molar-refractivity contribution in [1.29, 1.82) is 0 Å². The van der Waals surface area contributed by atoms with Crippen LogP contribution in [0, 0.1) is 0 Å². The molecule has 0 spiro atoms. The van der Waals surface area contributed by atoms with Crippen molar-refractivity contribution < 1.29 is 0 Å². The fraction of sp³-hybridized carbons (Fsp3) is 0.750. The molecule has 1 saturated heterocycles. The number of hydrogen-bond acceptors (Lipinski definition) is 3. The van der Waals surface area contributed by atoms with Crippen molar-refractivity contribution >= 4 is 12.4 Å². The van der Waals surface area contributed by atoms with E-state index in [4.69, 9.17) is 0 Å². The third kappa shape index (κ3) is 3.98. The van der Waals surface area contributed by atoms with Crippen molar-refractivity contribution in [2.24, 2.45) is 7.05 Å². The van der Waals surface area contributed by atoms with Gasteiger partial charge in [-0.1, -0.05) is 0 Å². The van der Waals surface area contributed by atoms with Gasteiger partial charge in [0, 0.05) is 25.5 Å². The number of nitrogens with one attached hydrogen (secondary N) is 1. The van der Waals surface area contributed by atoms with Gasteiger partial charge in [0.15, 0.2) is 0 Å². The average molecular weight is 259 g/mol. The van der Waals surface area contributed by atoms with Crippen molar-refractivity contribution in [2.75, 3.05) is 20.1 Å². The zero-order chi connectivity index (χ0) is 11.4. The molecule has 0 amide bonds. The standard InChI is InChI=1S/C12H22N4.ClH/c1-15-9-8-14-12(15)10-16(2)11-4-3-6-13-7-5-11;/h8-9,11,13H,3-7,10H2,1-2H3;1H. The highest BCUT2D eigenvalue weighted by molar-refractivity contribution is 5.85. The second-order valence-electron chi connectivity index (χ2n) is 4.70. The molecule has 5 heteroatoms. The lowest BCUT2D eigenvalue weighted by molar-refractivity contribution is 0.210. The Morgan fingerprint density at radius 2 is 2.29 bits per heavy atom. The van der Waals surface area contributed by atoms with Crippen LogP contribution >= 0.6 is 12.4 Å². The van der Waals surface area contributed by atoms with Crippen LogP contribution in [0.2, 0.25) is 0 Å². The highest BCUT2D eigenvalue weighted by atomic mass is 35.5. The lowest BCUT2D eigenvalue weighted by Crippen LogP contribution is -2.32. The van der Waals surface area contributed by atoms with Gasteiger partial charge in [0.05, 0.1) is 6.54 Å². The first-order valence-corrected chi connectivity index (χ1v) is 6.14. The minimum atomic E-state index is 0. The Hall–Kier alpha value is -0.580. The molecule has 1 unspecified atom stereocenters. The van der Waals surface area contributed by atoms with Crippen LogP contribution in [0.1, 0.15) is 25.1 Å².